The van der Waals surface area contributed by atoms with Crippen LogP contribution in [0.1, 0.15) is 18.4 Å². The van der Waals surface area contributed by atoms with Gasteiger partial charge in [-0.1, -0.05) is 35.3 Å². The summed E-state index contributed by atoms with van der Waals surface area (Å²) in [7, 11) is -3.60. The van der Waals surface area contributed by atoms with Gasteiger partial charge in [0.1, 0.15) is 5.75 Å². The van der Waals surface area contributed by atoms with Gasteiger partial charge in [0.15, 0.2) is 0 Å². The molecule has 0 aromatic heterocycles. The maximum absolute atomic E-state index is 13.0. The molecule has 3 rings (SSSR count). The highest BCUT2D eigenvalue weighted by Crippen LogP contribution is 2.26. The topological polar surface area (TPSA) is 84.9 Å². The fourth-order valence-electron chi connectivity index (χ4n) is 3.08. The van der Waals surface area contributed by atoms with Gasteiger partial charge < -0.3 is 19.1 Å². The van der Waals surface area contributed by atoms with E-state index in [1.807, 2.05) is 0 Å². The van der Waals surface area contributed by atoms with E-state index >= 15 is 0 Å². The van der Waals surface area contributed by atoms with Gasteiger partial charge >= 0.3 is 16.1 Å². The highest BCUT2D eigenvalue weighted by Gasteiger charge is 2.23. The molecule has 10 heteroatoms. The molecular formula is C20H22Cl2N2O5S. The van der Waals surface area contributed by atoms with E-state index in [2.05, 4.69) is 5.32 Å². The normalized spacial score (nSPS) is 16.3. The second kappa shape index (κ2) is 9.87. The van der Waals surface area contributed by atoms with Gasteiger partial charge in [0.05, 0.1) is 23.1 Å². The molecule has 1 atom stereocenters. The van der Waals surface area contributed by atoms with E-state index in [-0.39, 0.29) is 17.9 Å². The fraction of sp³-hybridized carbons (Fsp3) is 0.350. The minimum absolute atomic E-state index is 0.0377. The molecule has 0 radical (unpaired) electrons. The van der Waals surface area contributed by atoms with Crippen LogP contribution in [0.2, 0.25) is 10.0 Å². The van der Waals surface area contributed by atoms with Crippen LogP contribution in [0.4, 0.5) is 10.5 Å². The summed E-state index contributed by atoms with van der Waals surface area (Å²) < 4.78 is 33.0. The van der Waals surface area contributed by atoms with E-state index in [1.165, 1.54) is 0 Å². The average molecular weight is 473 g/mol. The van der Waals surface area contributed by atoms with Gasteiger partial charge in [-0.15, -0.1) is 0 Å². The molecule has 1 heterocycles. The first-order chi connectivity index (χ1) is 14.2. The average Bonchev–Trinajstić information content (AvgIpc) is 3.17. The van der Waals surface area contributed by atoms with Crippen LogP contribution in [0, 0.1) is 0 Å². The van der Waals surface area contributed by atoms with Gasteiger partial charge in [-0.3, -0.25) is 0 Å². The lowest BCUT2D eigenvalue weighted by Crippen LogP contribution is -2.39. The monoisotopic (exact) mass is 472 g/mol. The molecule has 1 N–H and O–H groups in total. The van der Waals surface area contributed by atoms with Crippen LogP contribution >= 0.6 is 23.2 Å². The Balaban J connectivity index is 1.73. The summed E-state index contributed by atoms with van der Waals surface area (Å²) in [4.78, 5) is 14.6. The second-order valence-corrected chi connectivity index (χ2v) is 9.42. The van der Waals surface area contributed by atoms with E-state index in [9.17, 15) is 13.2 Å². The summed E-state index contributed by atoms with van der Waals surface area (Å²) in [5, 5.41) is 3.63. The predicted octanol–water partition coefficient (Wildman–Crippen LogP) is 4.54. The predicted molar refractivity (Wildman–Crippen MR) is 117 cm³/mol. The summed E-state index contributed by atoms with van der Waals surface area (Å²) in [5.74, 6) is 0.212. The van der Waals surface area contributed by atoms with Gasteiger partial charge in [-0.25, -0.2) is 4.79 Å². The van der Waals surface area contributed by atoms with E-state index in [1.54, 1.807) is 47.4 Å². The number of carbonyl (C=O) groups is 1. The van der Waals surface area contributed by atoms with Crippen molar-refractivity contribution in [3.8, 4) is 5.75 Å². The highest BCUT2D eigenvalue weighted by molar-refractivity contribution is 7.86. The Morgan fingerprint density at radius 2 is 1.97 bits per heavy atom. The van der Waals surface area contributed by atoms with Crippen molar-refractivity contribution in [2.45, 2.75) is 25.5 Å². The van der Waals surface area contributed by atoms with E-state index in [0.717, 1.165) is 24.7 Å². The van der Waals surface area contributed by atoms with Crippen molar-refractivity contribution in [3.63, 3.8) is 0 Å². The molecule has 2 aromatic rings. The molecule has 1 saturated heterocycles. The van der Waals surface area contributed by atoms with Crippen molar-refractivity contribution in [2.24, 2.45) is 0 Å². The van der Waals surface area contributed by atoms with Gasteiger partial charge in [-0.2, -0.15) is 8.42 Å². The minimum Gasteiger partial charge on any atom is -0.383 e. The number of rotatable bonds is 7. The maximum atomic E-state index is 13.0. The zero-order valence-corrected chi connectivity index (χ0v) is 18.6. The Bertz CT molecular complexity index is 993. The molecule has 0 saturated carbocycles. The lowest BCUT2D eigenvalue weighted by molar-refractivity contribution is 0.0819. The van der Waals surface area contributed by atoms with Crippen molar-refractivity contribution >= 4 is 45.0 Å². The number of carbonyl (C=O) groups excluding carboxylic acids is 1. The maximum Gasteiger partial charge on any atom is 0.322 e. The Morgan fingerprint density at radius 3 is 2.57 bits per heavy atom. The van der Waals surface area contributed by atoms with Gasteiger partial charge in [0.25, 0.3) is 0 Å². The third-order valence-corrected chi connectivity index (χ3v) is 5.50. The fourth-order valence-corrected chi connectivity index (χ4v) is 4.00. The zero-order chi connectivity index (χ0) is 21.7. The number of ether oxygens (including phenoxy) is 1. The number of anilines is 1. The Labute approximate surface area is 186 Å². The third kappa shape index (κ3) is 6.77. The second-order valence-electron chi connectivity index (χ2n) is 7.00. The molecule has 162 valence electrons. The van der Waals surface area contributed by atoms with Crippen LogP contribution < -0.4 is 9.50 Å². The standard InChI is InChI=1S/C20H22Cl2N2O5S/c1-30(26,27)29-16-7-4-14(5-8-16)12-24(13-17-3-2-10-28-17)20(25)23-19-9-6-15(21)11-18(19)22/h4-9,11,17H,2-3,10,12-13H2,1H3,(H,23,25). The number of hydrogen-bond acceptors (Lipinski definition) is 5. The molecule has 1 aliphatic heterocycles. The molecule has 2 amide bonds. The van der Waals surface area contributed by atoms with E-state index in [0.29, 0.717) is 35.4 Å². The number of halogens is 2. The van der Waals surface area contributed by atoms with Crippen molar-refractivity contribution in [1.29, 1.82) is 0 Å². The third-order valence-electron chi connectivity index (χ3n) is 4.45. The van der Waals surface area contributed by atoms with Crippen LogP contribution in [-0.2, 0) is 21.4 Å². The largest absolute Gasteiger partial charge is 0.383 e. The minimum atomic E-state index is -3.60. The molecule has 1 aliphatic rings. The lowest BCUT2D eigenvalue weighted by Gasteiger charge is -2.26. The number of hydrogen-bond donors (Lipinski definition) is 1. The zero-order valence-electron chi connectivity index (χ0n) is 16.3. The molecule has 1 fully saturated rings. The quantitative estimate of drug-likeness (QED) is 0.597. The number of benzene rings is 2. The number of nitrogens with zero attached hydrogens (tertiary/aromatic N) is 1. The summed E-state index contributed by atoms with van der Waals surface area (Å²) >= 11 is 12.1. The van der Waals surface area contributed by atoms with Crippen molar-refractivity contribution in [1.82, 2.24) is 4.90 Å². The van der Waals surface area contributed by atoms with Gasteiger partial charge in [0.2, 0.25) is 0 Å². The number of nitrogens with one attached hydrogen (secondary N) is 1. The lowest BCUT2D eigenvalue weighted by atomic mass is 10.2. The number of urea groups is 1. The Morgan fingerprint density at radius 1 is 1.23 bits per heavy atom. The smallest absolute Gasteiger partial charge is 0.322 e. The SMILES string of the molecule is CS(=O)(=O)Oc1ccc(CN(CC2CCCO2)C(=O)Nc2ccc(Cl)cc2Cl)cc1. The molecule has 30 heavy (non-hydrogen) atoms. The summed E-state index contributed by atoms with van der Waals surface area (Å²) in [6.45, 7) is 1.40. The first-order valence-electron chi connectivity index (χ1n) is 9.30. The highest BCUT2D eigenvalue weighted by atomic mass is 35.5. The molecule has 0 aliphatic carbocycles. The van der Waals surface area contributed by atoms with Crippen LogP contribution in [0.25, 0.3) is 0 Å². The van der Waals surface area contributed by atoms with Crippen LogP contribution in [0.3, 0.4) is 0 Å². The van der Waals surface area contributed by atoms with Crippen molar-refractivity contribution in [2.75, 3.05) is 24.7 Å². The summed E-state index contributed by atoms with van der Waals surface area (Å²) in [6.07, 6.45) is 2.79. The molecule has 0 spiro atoms. The van der Waals surface area contributed by atoms with Crippen molar-refractivity contribution < 1.29 is 22.1 Å². The molecule has 0 bridgehead atoms. The molecule has 7 nitrogen and oxygen atoms in total. The summed E-state index contributed by atoms with van der Waals surface area (Å²) in [5.41, 5.74) is 1.27. The van der Waals surface area contributed by atoms with E-state index < -0.39 is 10.1 Å². The summed E-state index contributed by atoms with van der Waals surface area (Å²) in [6, 6.07) is 11.0. The van der Waals surface area contributed by atoms with Crippen LogP contribution in [0.5, 0.6) is 5.75 Å². The first kappa shape index (κ1) is 22.7. The van der Waals surface area contributed by atoms with Gasteiger partial charge in [-0.05, 0) is 48.7 Å². The Hall–Kier alpha value is -2.00. The van der Waals surface area contributed by atoms with Crippen LogP contribution in [-0.4, -0.2) is 44.9 Å². The van der Waals surface area contributed by atoms with E-state index in [4.69, 9.17) is 32.1 Å². The van der Waals surface area contributed by atoms with Crippen LogP contribution in [0.15, 0.2) is 42.5 Å². The number of amides is 2. The van der Waals surface area contributed by atoms with Crippen molar-refractivity contribution in [3.05, 3.63) is 58.1 Å². The van der Waals surface area contributed by atoms with Gasteiger partial charge in [0, 0.05) is 24.7 Å². The molecular weight excluding hydrogens is 451 g/mol. The Kier molecular flexibility index (Phi) is 7.46. The molecule has 1 unspecified atom stereocenters. The first-order valence-corrected chi connectivity index (χ1v) is 11.9. The molecule has 2 aromatic carbocycles.